The number of hydrogen-bond donors (Lipinski definition) is 0. The summed E-state index contributed by atoms with van der Waals surface area (Å²) in [5.41, 5.74) is 1.23. The van der Waals surface area contributed by atoms with Crippen LogP contribution in [0.2, 0.25) is 0 Å². The van der Waals surface area contributed by atoms with E-state index >= 15 is 0 Å². The minimum atomic E-state index is 0.270. The van der Waals surface area contributed by atoms with E-state index in [1.807, 2.05) is 18.2 Å². The predicted octanol–water partition coefficient (Wildman–Crippen LogP) is 6.68. The topological polar surface area (TPSA) is 35.5 Å². The lowest BCUT2D eigenvalue weighted by atomic mass is 10.1. The molecule has 0 radical (unpaired) electrons. The van der Waals surface area contributed by atoms with Gasteiger partial charge in [0.25, 0.3) is 0 Å². The fraction of sp³-hybridized carbons (Fsp3) is 0.625. The summed E-state index contributed by atoms with van der Waals surface area (Å²) in [4.78, 5) is 11.9. The molecule has 0 amide bonds. The molecule has 0 aliphatic heterocycles. The molecule has 1 rings (SSSR count). The summed E-state index contributed by atoms with van der Waals surface area (Å²) in [5.74, 6) is 1.80. The predicted molar refractivity (Wildman–Crippen MR) is 114 cm³/mol. The normalized spacial score (nSPS) is 11.1. The number of unbranched alkanes of at least 4 members (excludes halogenated alkanes) is 8. The Balaban J connectivity index is 2.10. The Morgan fingerprint density at radius 2 is 1.56 bits per heavy atom. The Morgan fingerprint density at radius 3 is 2.22 bits per heavy atom. The quantitative estimate of drug-likeness (QED) is 0.239. The first-order chi connectivity index (χ1) is 13.2. The van der Waals surface area contributed by atoms with Gasteiger partial charge in [-0.2, -0.15) is 0 Å². The summed E-state index contributed by atoms with van der Waals surface area (Å²) in [5, 5.41) is 0. The van der Waals surface area contributed by atoms with Crippen LogP contribution in [0, 0.1) is 0 Å². The second-order valence-electron chi connectivity index (χ2n) is 7.18. The third kappa shape index (κ3) is 10.8. The summed E-state index contributed by atoms with van der Waals surface area (Å²) >= 11 is 0. The van der Waals surface area contributed by atoms with Crippen LogP contribution in [0.15, 0.2) is 30.4 Å². The van der Waals surface area contributed by atoms with Crippen LogP contribution < -0.4 is 9.47 Å². The van der Waals surface area contributed by atoms with Gasteiger partial charge >= 0.3 is 0 Å². The van der Waals surface area contributed by atoms with Crippen LogP contribution in [-0.4, -0.2) is 20.0 Å². The van der Waals surface area contributed by atoms with E-state index in [9.17, 15) is 4.79 Å². The van der Waals surface area contributed by atoms with Crippen molar-refractivity contribution in [2.75, 3.05) is 14.2 Å². The number of methoxy groups -OCH3 is 2. The van der Waals surface area contributed by atoms with Crippen LogP contribution in [0.5, 0.6) is 11.5 Å². The molecular weight excluding hydrogens is 336 g/mol. The minimum Gasteiger partial charge on any atom is -0.493 e. The van der Waals surface area contributed by atoms with Gasteiger partial charge in [0, 0.05) is 6.42 Å². The molecule has 0 saturated heterocycles. The van der Waals surface area contributed by atoms with Crippen molar-refractivity contribution in [3.8, 4) is 11.5 Å². The third-order valence-corrected chi connectivity index (χ3v) is 4.86. The Morgan fingerprint density at radius 1 is 0.889 bits per heavy atom. The van der Waals surface area contributed by atoms with Gasteiger partial charge < -0.3 is 9.47 Å². The molecule has 0 aromatic heterocycles. The molecule has 0 fully saturated rings. The third-order valence-electron chi connectivity index (χ3n) is 4.86. The van der Waals surface area contributed by atoms with Crippen molar-refractivity contribution >= 4 is 5.78 Å². The van der Waals surface area contributed by atoms with Gasteiger partial charge in [-0.3, -0.25) is 4.79 Å². The number of aryl methyl sites for hydroxylation is 1. The smallest absolute Gasteiger partial charge is 0.160 e. The maximum absolute atomic E-state index is 11.9. The lowest BCUT2D eigenvalue weighted by Gasteiger charge is -2.09. The summed E-state index contributed by atoms with van der Waals surface area (Å²) < 4.78 is 10.6. The molecule has 0 saturated carbocycles. The molecule has 0 bridgehead atoms. The highest BCUT2D eigenvalue weighted by atomic mass is 16.5. The second-order valence-corrected chi connectivity index (χ2v) is 7.18. The minimum absolute atomic E-state index is 0.270. The highest BCUT2D eigenvalue weighted by molar-refractivity contribution is 5.89. The largest absolute Gasteiger partial charge is 0.493 e. The van der Waals surface area contributed by atoms with Gasteiger partial charge in [0.1, 0.15) is 0 Å². The van der Waals surface area contributed by atoms with Crippen LogP contribution >= 0.6 is 0 Å². The highest BCUT2D eigenvalue weighted by Crippen LogP contribution is 2.28. The number of carbonyl (C=O) groups is 1. The van der Waals surface area contributed by atoms with Gasteiger partial charge in [-0.25, -0.2) is 0 Å². The zero-order valence-corrected chi connectivity index (χ0v) is 17.6. The van der Waals surface area contributed by atoms with E-state index in [4.69, 9.17) is 9.47 Å². The fourth-order valence-electron chi connectivity index (χ4n) is 3.19. The molecule has 27 heavy (non-hydrogen) atoms. The molecule has 0 unspecified atom stereocenters. The molecule has 0 atom stereocenters. The van der Waals surface area contributed by atoms with Crippen LogP contribution in [0.3, 0.4) is 0 Å². The van der Waals surface area contributed by atoms with Crippen molar-refractivity contribution in [1.82, 2.24) is 0 Å². The molecule has 0 N–H and O–H groups in total. The molecule has 1 aromatic carbocycles. The Hall–Kier alpha value is -1.77. The van der Waals surface area contributed by atoms with E-state index in [1.165, 1.54) is 50.5 Å². The highest BCUT2D eigenvalue weighted by Gasteiger charge is 2.04. The van der Waals surface area contributed by atoms with E-state index in [0.717, 1.165) is 37.2 Å². The summed E-state index contributed by atoms with van der Waals surface area (Å²) in [6.45, 7) is 2.25. The van der Waals surface area contributed by atoms with Crippen molar-refractivity contribution < 1.29 is 14.3 Å². The number of allylic oxidation sites excluding steroid dienone is 2. The lowest BCUT2D eigenvalue weighted by molar-refractivity contribution is -0.114. The molecule has 3 nitrogen and oxygen atoms in total. The molecule has 0 heterocycles. The zero-order chi connectivity index (χ0) is 19.7. The zero-order valence-electron chi connectivity index (χ0n) is 17.6. The summed E-state index contributed by atoms with van der Waals surface area (Å²) in [6.07, 6.45) is 17.6. The summed E-state index contributed by atoms with van der Waals surface area (Å²) in [7, 11) is 3.30. The van der Waals surface area contributed by atoms with Crippen molar-refractivity contribution in [3.63, 3.8) is 0 Å². The Labute approximate surface area is 166 Å². The molecule has 152 valence electrons. The Bertz CT molecular complexity index is 549. The van der Waals surface area contributed by atoms with E-state index in [-0.39, 0.29) is 5.78 Å². The first-order valence-electron chi connectivity index (χ1n) is 10.6. The molecule has 1 aromatic rings. The van der Waals surface area contributed by atoms with E-state index in [2.05, 4.69) is 13.0 Å². The van der Waals surface area contributed by atoms with Gasteiger partial charge in [-0.05, 0) is 49.5 Å². The van der Waals surface area contributed by atoms with Crippen molar-refractivity contribution in [2.45, 2.75) is 84.0 Å². The number of ether oxygens (including phenoxy) is 2. The van der Waals surface area contributed by atoms with Crippen LogP contribution in [0.1, 0.15) is 83.1 Å². The molecule has 0 aliphatic carbocycles. The lowest BCUT2D eigenvalue weighted by Crippen LogP contribution is -1.93. The molecular formula is C24H38O3. The van der Waals surface area contributed by atoms with Crippen molar-refractivity contribution in [2.24, 2.45) is 0 Å². The van der Waals surface area contributed by atoms with Crippen molar-refractivity contribution in [1.29, 1.82) is 0 Å². The molecule has 3 heteroatoms. The van der Waals surface area contributed by atoms with Gasteiger partial charge in [0.2, 0.25) is 0 Å². The Kier molecular flexibility index (Phi) is 13.2. The second kappa shape index (κ2) is 15.3. The first-order valence-corrected chi connectivity index (χ1v) is 10.6. The van der Waals surface area contributed by atoms with Gasteiger partial charge in [-0.15, -0.1) is 0 Å². The number of hydrogen-bond acceptors (Lipinski definition) is 3. The maximum Gasteiger partial charge on any atom is 0.160 e. The van der Waals surface area contributed by atoms with Crippen LogP contribution in [0.25, 0.3) is 0 Å². The fourth-order valence-corrected chi connectivity index (χ4v) is 3.19. The standard InChI is InChI=1S/C24H38O3/c1-4-5-6-7-8-9-10-13-16-22(25)17-14-11-12-15-21-18-19-23(26-2)24(20-21)27-3/h14,17-20H,4-13,15-16H2,1-3H3. The van der Waals surface area contributed by atoms with E-state index in [0.29, 0.717) is 6.42 Å². The van der Waals surface area contributed by atoms with Gasteiger partial charge in [-0.1, -0.05) is 64.0 Å². The van der Waals surface area contributed by atoms with E-state index < -0.39 is 0 Å². The molecule has 0 aliphatic rings. The van der Waals surface area contributed by atoms with Gasteiger partial charge in [0.05, 0.1) is 14.2 Å². The number of carbonyl (C=O) groups excluding carboxylic acids is 1. The number of ketones is 1. The van der Waals surface area contributed by atoms with Crippen molar-refractivity contribution in [3.05, 3.63) is 35.9 Å². The van der Waals surface area contributed by atoms with Crippen LogP contribution in [0.4, 0.5) is 0 Å². The SMILES string of the molecule is CCCCCCCCCCC(=O)C=CCCCc1ccc(OC)c(OC)c1. The monoisotopic (exact) mass is 374 g/mol. The molecule has 0 spiro atoms. The number of benzene rings is 1. The van der Waals surface area contributed by atoms with E-state index in [1.54, 1.807) is 20.3 Å². The maximum atomic E-state index is 11.9. The van der Waals surface area contributed by atoms with Gasteiger partial charge in [0.15, 0.2) is 17.3 Å². The average molecular weight is 375 g/mol. The number of rotatable bonds is 16. The average Bonchev–Trinajstić information content (AvgIpc) is 2.69. The van der Waals surface area contributed by atoms with Crippen LogP contribution in [-0.2, 0) is 11.2 Å². The summed E-state index contributed by atoms with van der Waals surface area (Å²) in [6, 6.07) is 6.03. The first kappa shape index (κ1) is 23.3.